The molecule has 1 fully saturated rings. The van der Waals surface area contributed by atoms with Crippen LogP contribution in [0, 0.1) is 0 Å². The van der Waals surface area contributed by atoms with E-state index in [4.69, 9.17) is 15.2 Å². The van der Waals surface area contributed by atoms with Crippen LogP contribution in [0.2, 0.25) is 0 Å². The first kappa shape index (κ1) is 21.7. The third kappa shape index (κ3) is 3.89. The van der Waals surface area contributed by atoms with Gasteiger partial charge >= 0.3 is 0 Å². The number of nitrogens with one attached hydrogen (secondary N) is 1. The highest BCUT2D eigenvalue weighted by Gasteiger charge is 2.29. The number of amides is 1. The van der Waals surface area contributed by atoms with Gasteiger partial charge in [-0.3, -0.25) is 4.79 Å². The van der Waals surface area contributed by atoms with Crippen LogP contribution in [0.25, 0.3) is 5.65 Å². The first-order chi connectivity index (χ1) is 15.5. The van der Waals surface area contributed by atoms with Crippen LogP contribution in [0.3, 0.4) is 0 Å². The van der Waals surface area contributed by atoms with Gasteiger partial charge in [-0.1, -0.05) is 6.92 Å². The molecule has 10 nitrogen and oxygen atoms in total. The van der Waals surface area contributed by atoms with E-state index < -0.39 is 5.91 Å². The molecule has 4 rings (SSSR count). The number of aliphatic hydroxyl groups excluding tert-OH is 1. The number of ether oxygens (including phenoxy) is 2. The Labute approximate surface area is 185 Å². The van der Waals surface area contributed by atoms with Crippen molar-refractivity contribution in [3.05, 3.63) is 35.5 Å². The average Bonchev–Trinajstić information content (AvgIpc) is 3.42. The number of rotatable bonds is 8. The number of carbonyl (C=O) groups excluding carboxylic acids is 1. The minimum Gasteiger partial charge on any atom is -0.497 e. The summed E-state index contributed by atoms with van der Waals surface area (Å²) in [5, 5.41) is 17.7. The molecule has 4 N–H and O–H groups in total. The molecule has 0 saturated carbocycles. The maximum Gasteiger partial charge on any atom is 0.256 e. The number of fused-ring (bicyclic) bond motifs is 1. The molecule has 1 saturated heterocycles. The second-order valence-corrected chi connectivity index (χ2v) is 7.68. The summed E-state index contributed by atoms with van der Waals surface area (Å²) >= 11 is 0. The number of aryl methyl sites for hydroxylation is 1. The summed E-state index contributed by atoms with van der Waals surface area (Å²) in [7, 11) is 3.13. The molecule has 1 aliphatic heterocycles. The van der Waals surface area contributed by atoms with E-state index in [1.807, 2.05) is 13.0 Å². The molecule has 32 heavy (non-hydrogen) atoms. The van der Waals surface area contributed by atoms with Crippen LogP contribution in [0.5, 0.6) is 11.5 Å². The minimum atomic E-state index is -0.635. The number of hydrogen-bond acceptors (Lipinski definition) is 8. The lowest BCUT2D eigenvalue weighted by atomic mass is 10.2. The van der Waals surface area contributed by atoms with Crippen molar-refractivity contribution in [2.45, 2.75) is 32.2 Å². The monoisotopic (exact) mass is 440 g/mol. The van der Waals surface area contributed by atoms with E-state index in [1.165, 1.54) is 0 Å². The van der Waals surface area contributed by atoms with Crippen molar-refractivity contribution in [1.29, 1.82) is 0 Å². The molecule has 2 aromatic heterocycles. The van der Waals surface area contributed by atoms with Gasteiger partial charge in [-0.15, -0.1) is 5.10 Å². The first-order valence-corrected chi connectivity index (χ1v) is 10.6. The van der Waals surface area contributed by atoms with Crippen LogP contribution < -0.4 is 25.4 Å². The molecule has 0 unspecified atom stereocenters. The van der Waals surface area contributed by atoms with E-state index in [0.29, 0.717) is 29.3 Å². The standard InChI is InChI=1S/C22H28N6O4/c1-4-13-10-18(27-7-5-6-15(27)12-29)28-22(25-13)19(20(23)30)21(26-28)24-14-8-16(31-2)11-17(9-14)32-3/h8-11,15,29H,4-7,12H2,1-3H3,(H2,23,30)(H,24,26)/t15-/m1/s1. The predicted molar refractivity (Wildman–Crippen MR) is 121 cm³/mol. The van der Waals surface area contributed by atoms with Crippen molar-refractivity contribution in [1.82, 2.24) is 14.6 Å². The zero-order valence-electron chi connectivity index (χ0n) is 18.5. The predicted octanol–water partition coefficient (Wildman–Crippen LogP) is 2.11. The Hall–Kier alpha value is -3.53. The third-order valence-electron chi connectivity index (χ3n) is 5.73. The van der Waals surface area contributed by atoms with Gasteiger partial charge in [0.05, 0.1) is 26.9 Å². The number of aliphatic hydroxyl groups is 1. The number of carbonyl (C=O) groups is 1. The molecule has 0 radical (unpaired) electrons. The maximum atomic E-state index is 12.5. The molecule has 3 aromatic rings. The topological polar surface area (TPSA) is 127 Å². The highest BCUT2D eigenvalue weighted by atomic mass is 16.5. The first-order valence-electron chi connectivity index (χ1n) is 10.6. The van der Waals surface area contributed by atoms with Crippen LogP contribution in [0.1, 0.15) is 35.8 Å². The molecule has 0 spiro atoms. The lowest BCUT2D eigenvalue weighted by Crippen LogP contribution is -2.33. The summed E-state index contributed by atoms with van der Waals surface area (Å²) in [6.45, 7) is 2.83. The number of primary amides is 1. The molecule has 0 bridgehead atoms. The van der Waals surface area contributed by atoms with Gasteiger partial charge in [0.25, 0.3) is 5.91 Å². The van der Waals surface area contributed by atoms with Crippen LogP contribution in [-0.4, -0.2) is 59.0 Å². The minimum absolute atomic E-state index is 0.00871. The summed E-state index contributed by atoms with van der Waals surface area (Å²) in [6.07, 6.45) is 2.54. The molecule has 1 aliphatic rings. The zero-order chi connectivity index (χ0) is 22.8. The number of nitrogens with zero attached hydrogens (tertiary/aromatic N) is 4. The Morgan fingerprint density at radius 1 is 1.25 bits per heavy atom. The largest absolute Gasteiger partial charge is 0.497 e. The van der Waals surface area contributed by atoms with Crippen LogP contribution >= 0.6 is 0 Å². The average molecular weight is 441 g/mol. The van der Waals surface area contributed by atoms with Gasteiger partial charge < -0.3 is 30.5 Å². The van der Waals surface area contributed by atoms with Gasteiger partial charge in [-0.2, -0.15) is 4.52 Å². The molecule has 0 aliphatic carbocycles. The smallest absolute Gasteiger partial charge is 0.256 e. The highest BCUT2D eigenvalue weighted by molar-refractivity contribution is 6.04. The van der Waals surface area contributed by atoms with Crippen molar-refractivity contribution in [2.24, 2.45) is 5.73 Å². The van der Waals surface area contributed by atoms with Crippen molar-refractivity contribution in [2.75, 3.05) is 37.6 Å². The molecule has 10 heteroatoms. The number of hydrogen-bond donors (Lipinski definition) is 3. The van der Waals surface area contributed by atoms with Crippen LogP contribution in [0.4, 0.5) is 17.3 Å². The van der Waals surface area contributed by atoms with Crippen molar-refractivity contribution >= 4 is 28.9 Å². The summed E-state index contributed by atoms with van der Waals surface area (Å²) < 4.78 is 12.3. The second kappa shape index (κ2) is 8.91. The van der Waals surface area contributed by atoms with Gasteiger partial charge in [0.2, 0.25) is 0 Å². The maximum absolute atomic E-state index is 12.5. The number of methoxy groups -OCH3 is 2. The van der Waals surface area contributed by atoms with E-state index in [1.54, 1.807) is 36.9 Å². The fourth-order valence-electron chi connectivity index (χ4n) is 4.09. The van der Waals surface area contributed by atoms with E-state index in [-0.39, 0.29) is 24.0 Å². The van der Waals surface area contributed by atoms with Gasteiger partial charge in [0.15, 0.2) is 11.5 Å². The fraction of sp³-hybridized carbons (Fsp3) is 0.409. The van der Waals surface area contributed by atoms with Crippen LogP contribution in [-0.2, 0) is 6.42 Å². The van der Waals surface area contributed by atoms with Crippen molar-refractivity contribution < 1.29 is 19.4 Å². The molecule has 170 valence electrons. The summed E-state index contributed by atoms with van der Waals surface area (Å²) in [4.78, 5) is 19.2. The van der Waals surface area contributed by atoms with Crippen molar-refractivity contribution in [3.8, 4) is 11.5 Å². The summed E-state index contributed by atoms with van der Waals surface area (Å²) in [5.41, 5.74) is 7.78. The summed E-state index contributed by atoms with van der Waals surface area (Å²) in [5.74, 6) is 1.61. The van der Waals surface area contributed by atoms with E-state index in [9.17, 15) is 9.90 Å². The lowest BCUT2D eigenvalue weighted by Gasteiger charge is -2.25. The van der Waals surface area contributed by atoms with Gasteiger partial charge in [-0.05, 0) is 19.3 Å². The Kier molecular flexibility index (Phi) is 6.04. The third-order valence-corrected chi connectivity index (χ3v) is 5.73. The Morgan fingerprint density at radius 3 is 2.56 bits per heavy atom. The lowest BCUT2D eigenvalue weighted by molar-refractivity contribution is 0.100. The van der Waals surface area contributed by atoms with Gasteiger partial charge in [-0.25, -0.2) is 4.98 Å². The quantitative estimate of drug-likeness (QED) is 0.486. The molecule has 1 atom stereocenters. The van der Waals surface area contributed by atoms with Gasteiger partial charge in [0.1, 0.15) is 22.9 Å². The Balaban J connectivity index is 1.88. The number of aromatic nitrogens is 3. The van der Waals surface area contributed by atoms with Gasteiger partial charge in [0, 0.05) is 42.2 Å². The Bertz CT molecular complexity index is 1120. The Morgan fingerprint density at radius 2 is 1.97 bits per heavy atom. The van der Waals surface area contributed by atoms with E-state index in [0.717, 1.165) is 30.9 Å². The fourth-order valence-corrected chi connectivity index (χ4v) is 4.09. The van der Waals surface area contributed by atoms with E-state index >= 15 is 0 Å². The molecule has 1 aromatic carbocycles. The molecular weight excluding hydrogens is 412 g/mol. The molecule has 3 heterocycles. The zero-order valence-corrected chi connectivity index (χ0v) is 18.5. The molecular formula is C22H28N6O4. The highest BCUT2D eigenvalue weighted by Crippen LogP contribution is 2.32. The number of anilines is 3. The normalized spacial score (nSPS) is 15.9. The van der Waals surface area contributed by atoms with Crippen LogP contribution in [0.15, 0.2) is 24.3 Å². The SMILES string of the molecule is CCc1cc(N2CCC[C@@H]2CO)n2nc(Nc3cc(OC)cc(OC)c3)c(C(N)=O)c2n1. The number of nitrogens with two attached hydrogens (primary N) is 1. The van der Waals surface area contributed by atoms with Crippen molar-refractivity contribution in [3.63, 3.8) is 0 Å². The van der Waals surface area contributed by atoms with E-state index in [2.05, 4.69) is 20.3 Å². The molecule has 1 amide bonds. The summed E-state index contributed by atoms with van der Waals surface area (Å²) in [6, 6.07) is 7.23. The number of benzene rings is 1. The second-order valence-electron chi connectivity index (χ2n) is 7.68.